The molecular formula is C23H24N2O4. The van der Waals surface area contributed by atoms with Gasteiger partial charge >= 0.3 is 0 Å². The van der Waals surface area contributed by atoms with Gasteiger partial charge in [0, 0.05) is 23.5 Å². The molecule has 0 radical (unpaired) electrons. The molecule has 0 aliphatic carbocycles. The molecule has 0 unspecified atom stereocenters. The molecule has 0 aliphatic heterocycles. The normalized spacial score (nSPS) is 10.6. The van der Waals surface area contributed by atoms with E-state index in [4.69, 9.17) is 15.2 Å². The molecule has 0 saturated carbocycles. The van der Waals surface area contributed by atoms with Gasteiger partial charge in [0.05, 0.1) is 5.56 Å². The third-order valence-electron chi connectivity index (χ3n) is 4.39. The summed E-state index contributed by atoms with van der Waals surface area (Å²) in [6, 6.07) is 14.1. The van der Waals surface area contributed by atoms with Gasteiger partial charge in [-0.3, -0.25) is 4.79 Å². The van der Waals surface area contributed by atoms with E-state index in [1.807, 2.05) is 31.2 Å². The summed E-state index contributed by atoms with van der Waals surface area (Å²) in [5, 5.41) is 10.5. The number of aromatic nitrogens is 1. The van der Waals surface area contributed by atoms with Crippen molar-refractivity contribution in [3.63, 3.8) is 0 Å². The predicted molar refractivity (Wildman–Crippen MR) is 112 cm³/mol. The smallest absolute Gasteiger partial charge is 0.221 e. The molecule has 3 rings (SSSR count). The second-order valence-corrected chi connectivity index (χ2v) is 6.71. The van der Waals surface area contributed by atoms with Crippen LogP contribution in [0.3, 0.4) is 0 Å². The predicted octanol–water partition coefficient (Wildman–Crippen LogP) is 4.90. The molecular weight excluding hydrogens is 368 g/mol. The van der Waals surface area contributed by atoms with E-state index >= 15 is 0 Å². The number of phenolic OH excluding ortho intramolecular Hbond substituents is 1. The molecule has 0 aliphatic rings. The summed E-state index contributed by atoms with van der Waals surface area (Å²) in [6.07, 6.45) is 3.03. The summed E-state index contributed by atoms with van der Waals surface area (Å²) < 4.78 is 11.7. The Morgan fingerprint density at radius 3 is 2.72 bits per heavy atom. The average molecular weight is 392 g/mol. The number of anilines is 1. The van der Waals surface area contributed by atoms with Crippen molar-refractivity contribution in [1.82, 2.24) is 4.98 Å². The summed E-state index contributed by atoms with van der Waals surface area (Å²) in [6.45, 7) is 3.73. The molecule has 2 aromatic carbocycles. The van der Waals surface area contributed by atoms with Crippen LogP contribution in [0.25, 0.3) is 0 Å². The molecule has 1 heterocycles. The van der Waals surface area contributed by atoms with E-state index in [1.54, 1.807) is 30.5 Å². The lowest BCUT2D eigenvalue weighted by Crippen LogP contribution is -2.02. The Labute approximate surface area is 169 Å². The van der Waals surface area contributed by atoms with Crippen molar-refractivity contribution in [3.05, 3.63) is 71.4 Å². The fourth-order valence-corrected chi connectivity index (χ4v) is 2.99. The van der Waals surface area contributed by atoms with Gasteiger partial charge in [0.15, 0.2) is 5.78 Å². The number of pyridine rings is 1. The number of nitrogens with zero attached hydrogens (tertiary/aromatic N) is 1. The Kier molecular flexibility index (Phi) is 6.34. The molecule has 0 amide bonds. The molecule has 0 saturated heterocycles. The molecule has 0 atom stereocenters. The first-order chi connectivity index (χ1) is 14.0. The van der Waals surface area contributed by atoms with Gasteiger partial charge in [-0.25, -0.2) is 4.98 Å². The third-order valence-corrected chi connectivity index (χ3v) is 4.39. The summed E-state index contributed by atoms with van der Waals surface area (Å²) in [7, 11) is 0. The summed E-state index contributed by atoms with van der Waals surface area (Å²) in [5.74, 6) is 1.43. The molecule has 6 heteroatoms. The second kappa shape index (κ2) is 9.10. The fourth-order valence-electron chi connectivity index (χ4n) is 2.99. The minimum Gasteiger partial charge on any atom is -0.507 e. The maximum Gasteiger partial charge on any atom is 0.221 e. The number of ether oxygens (including phenoxy) is 2. The number of rotatable bonds is 8. The highest BCUT2D eigenvalue weighted by Gasteiger charge is 2.16. The first kappa shape index (κ1) is 20.2. The van der Waals surface area contributed by atoms with Crippen LogP contribution in [0.1, 0.15) is 41.8 Å². The molecule has 29 heavy (non-hydrogen) atoms. The molecule has 1 aromatic heterocycles. The monoisotopic (exact) mass is 392 g/mol. The third kappa shape index (κ3) is 5.04. The number of phenols is 1. The lowest BCUT2D eigenvalue weighted by molar-refractivity contribution is 0.101. The van der Waals surface area contributed by atoms with E-state index in [2.05, 4.69) is 4.98 Å². The Morgan fingerprint density at radius 2 is 2.00 bits per heavy atom. The Bertz CT molecular complexity index is 1020. The van der Waals surface area contributed by atoms with Crippen molar-refractivity contribution in [2.75, 3.05) is 5.73 Å². The summed E-state index contributed by atoms with van der Waals surface area (Å²) >= 11 is 0. The lowest BCUT2D eigenvalue weighted by atomic mass is 10.0. The van der Waals surface area contributed by atoms with E-state index < -0.39 is 0 Å². The zero-order chi connectivity index (χ0) is 20.8. The highest BCUT2D eigenvalue weighted by molar-refractivity contribution is 5.97. The van der Waals surface area contributed by atoms with Crippen LogP contribution in [0.15, 0.2) is 54.7 Å². The Hall–Kier alpha value is -3.54. The maximum atomic E-state index is 11.7. The van der Waals surface area contributed by atoms with Crippen LogP contribution in [-0.4, -0.2) is 15.9 Å². The number of hydrogen-bond donors (Lipinski definition) is 2. The molecule has 0 fully saturated rings. The Morgan fingerprint density at radius 1 is 1.17 bits per heavy atom. The van der Waals surface area contributed by atoms with Crippen LogP contribution in [-0.2, 0) is 13.0 Å². The molecule has 3 N–H and O–H groups in total. The number of carbonyl (C=O) groups excluding carboxylic acids is 1. The number of Topliss-reactive ketones (excluding diaryl/α,β-unsaturated/α-hetero) is 1. The van der Waals surface area contributed by atoms with Crippen molar-refractivity contribution in [3.8, 4) is 23.1 Å². The maximum absolute atomic E-state index is 11.7. The standard InChI is InChI=1S/C23H24N2O4/c1-3-5-20-21(9-8-19(15(2)26)23(20)27)28-14-16-6-4-7-18(12-16)29-22-13-17(24)10-11-25-22/h4,6-13,27H,3,5,14H2,1-2H3,(H2,24,25). The van der Waals surface area contributed by atoms with Crippen molar-refractivity contribution in [1.29, 1.82) is 0 Å². The van der Waals surface area contributed by atoms with E-state index in [-0.39, 0.29) is 18.1 Å². The van der Waals surface area contributed by atoms with E-state index in [0.717, 1.165) is 12.0 Å². The van der Waals surface area contributed by atoms with Crippen molar-refractivity contribution >= 4 is 11.5 Å². The van der Waals surface area contributed by atoms with Crippen molar-refractivity contribution in [2.24, 2.45) is 0 Å². The largest absolute Gasteiger partial charge is 0.507 e. The molecule has 6 nitrogen and oxygen atoms in total. The number of nitrogen functional groups attached to an aromatic ring is 1. The van der Waals surface area contributed by atoms with Gasteiger partial charge in [-0.1, -0.05) is 25.5 Å². The molecule has 3 aromatic rings. The molecule has 0 spiro atoms. The van der Waals surface area contributed by atoms with Crippen molar-refractivity contribution < 1.29 is 19.4 Å². The topological polar surface area (TPSA) is 94.7 Å². The highest BCUT2D eigenvalue weighted by Crippen LogP contribution is 2.33. The van der Waals surface area contributed by atoms with Gasteiger partial charge in [0.25, 0.3) is 0 Å². The van der Waals surface area contributed by atoms with Gasteiger partial charge in [0.2, 0.25) is 5.88 Å². The van der Waals surface area contributed by atoms with Crippen LogP contribution in [0, 0.1) is 0 Å². The number of ketones is 1. The van der Waals surface area contributed by atoms with Crippen LogP contribution >= 0.6 is 0 Å². The average Bonchev–Trinajstić information content (AvgIpc) is 2.68. The SMILES string of the molecule is CCCc1c(OCc2cccc(Oc3cc(N)ccn3)c2)ccc(C(C)=O)c1O. The summed E-state index contributed by atoms with van der Waals surface area (Å²) in [4.78, 5) is 15.8. The molecule has 150 valence electrons. The zero-order valence-electron chi connectivity index (χ0n) is 16.5. The summed E-state index contributed by atoms with van der Waals surface area (Å²) in [5.41, 5.74) is 8.18. The van der Waals surface area contributed by atoms with Crippen LogP contribution in [0.2, 0.25) is 0 Å². The van der Waals surface area contributed by atoms with Crippen LogP contribution < -0.4 is 15.2 Å². The van der Waals surface area contributed by atoms with E-state index in [9.17, 15) is 9.90 Å². The first-order valence-corrected chi connectivity index (χ1v) is 9.44. The fraction of sp³-hybridized carbons (Fsp3) is 0.217. The number of aromatic hydroxyl groups is 1. The van der Waals surface area contributed by atoms with Gasteiger partial charge in [-0.15, -0.1) is 0 Å². The number of benzene rings is 2. The minimum absolute atomic E-state index is 0.00155. The van der Waals surface area contributed by atoms with Crippen molar-refractivity contribution in [2.45, 2.75) is 33.3 Å². The van der Waals surface area contributed by atoms with Crippen LogP contribution in [0.5, 0.6) is 23.1 Å². The number of nitrogens with two attached hydrogens (primary N) is 1. The zero-order valence-corrected chi connectivity index (χ0v) is 16.5. The molecule has 0 bridgehead atoms. The minimum atomic E-state index is -0.175. The van der Waals surface area contributed by atoms with Gasteiger partial charge < -0.3 is 20.3 Å². The van der Waals surface area contributed by atoms with Gasteiger partial charge in [-0.05, 0) is 49.2 Å². The van der Waals surface area contributed by atoms with E-state index in [0.29, 0.717) is 40.6 Å². The number of hydrogen-bond acceptors (Lipinski definition) is 6. The van der Waals surface area contributed by atoms with E-state index in [1.165, 1.54) is 6.92 Å². The van der Waals surface area contributed by atoms with Crippen LogP contribution in [0.4, 0.5) is 5.69 Å². The first-order valence-electron chi connectivity index (χ1n) is 9.44. The highest BCUT2D eigenvalue weighted by atomic mass is 16.5. The lowest BCUT2D eigenvalue weighted by Gasteiger charge is -2.15. The quantitative estimate of drug-likeness (QED) is 0.530. The van der Waals surface area contributed by atoms with Gasteiger partial charge in [-0.2, -0.15) is 0 Å². The van der Waals surface area contributed by atoms with Gasteiger partial charge in [0.1, 0.15) is 23.9 Å². The Balaban J connectivity index is 1.76. The second-order valence-electron chi connectivity index (χ2n) is 6.71. The number of carbonyl (C=O) groups is 1.